The summed E-state index contributed by atoms with van der Waals surface area (Å²) >= 11 is 0. The molecule has 0 amide bonds. The largest absolute Gasteiger partial charge is 0.384 e. The van der Waals surface area contributed by atoms with Crippen molar-refractivity contribution in [2.45, 2.75) is 26.4 Å². The molecule has 1 rings (SSSR count). The smallest absolute Gasteiger partial charge is 0.168 e. The highest BCUT2D eigenvalue weighted by Crippen LogP contribution is 2.20. The lowest BCUT2D eigenvalue weighted by molar-refractivity contribution is 0.0690. The summed E-state index contributed by atoms with van der Waals surface area (Å²) < 4.78 is 13.2. The summed E-state index contributed by atoms with van der Waals surface area (Å²) in [4.78, 5) is 7.33. The Kier molecular flexibility index (Phi) is 2.10. The fraction of sp³-hybridized carbons (Fsp3) is 0.500. The topological polar surface area (TPSA) is 46.0 Å². The molecule has 0 aliphatic heterocycles. The van der Waals surface area contributed by atoms with Crippen molar-refractivity contribution in [3.8, 4) is 0 Å². The summed E-state index contributed by atoms with van der Waals surface area (Å²) in [6, 6.07) is 0. The van der Waals surface area contributed by atoms with Gasteiger partial charge in [0, 0.05) is 0 Å². The van der Waals surface area contributed by atoms with E-state index in [4.69, 9.17) is 0 Å². The normalized spacial score (nSPS) is 11.8. The highest BCUT2D eigenvalue weighted by molar-refractivity contribution is 5.15. The van der Waals surface area contributed by atoms with Crippen molar-refractivity contribution in [2.24, 2.45) is 0 Å². The third-order valence-electron chi connectivity index (χ3n) is 1.54. The van der Waals surface area contributed by atoms with E-state index in [-0.39, 0.29) is 11.4 Å². The first kappa shape index (κ1) is 9.06. The molecule has 0 saturated heterocycles. The van der Waals surface area contributed by atoms with E-state index in [1.54, 1.807) is 0 Å². The molecule has 12 heavy (non-hydrogen) atoms. The molecule has 1 heterocycles. The Bertz CT molecular complexity index is 294. The van der Waals surface area contributed by atoms with E-state index in [0.29, 0.717) is 0 Å². The standard InChI is InChI=1S/C8H11FN2O/c1-5-6(9)7(8(2,3)12)11-4-10-5/h4,12H,1-3H3. The van der Waals surface area contributed by atoms with E-state index >= 15 is 0 Å². The van der Waals surface area contributed by atoms with Gasteiger partial charge in [-0.1, -0.05) is 0 Å². The molecule has 0 atom stereocenters. The highest BCUT2D eigenvalue weighted by Gasteiger charge is 2.23. The maximum Gasteiger partial charge on any atom is 0.168 e. The van der Waals surface area contributed by atoms with Crippen LogP contribution in [0, 0.1) is 12.7 Å². The molecule has 0 fully saturated rings. The number of halogens is 1. The predicted molar refractivity (Wildman–Crippen MR) is 42.0 cm³/mol. The maximum absolute atomic E-state index is 13.2. The summed E-state index contributed by atoms with van der Waals surface area (Å²) in [5.74, 6) is -0.537. The molecule has 1 N–H and O–H groups in total. The summed E-state index contributed by atoms with van der Waals surface area (Å²) in [6.45, 7) is 4.50. The minimum absolute atomic E-state index is 0.0370. The molecule has 0 aliphatic carbocycles. The van der Waals surface area contributed by atoms with Gasteiger partial charge in [-0.3, -0.25) is 0 Å². The monoisotopic (exact) mass is 170 g/mol. The average molecular weight is 170 g/mol. The lowest BCUT2D eigenvalue weighted by Gasteiger charge is -2.16. The zero-order valence-corrected chi connectivity index (χ0v) is 7.30. The Hall–Kier alpha value is -1.03. The first-order chi connectivity index (χ1) is 5.43. The van der Waals surface area contributed by atoms with Crippen molar-refractivity contribution in [1.82, 2.24) is 9.97 Å². The molecule has 0 spiro atoms. The van der Waals surface area contributed by atoms with Crippen LogP contribution in [0.5, 0.6) is 0 Å². The van der Waals surface area contributed by atoms with Crippen LogP contribution in [0.25, 0.3) is 0 Å². The summed E-state index contributed by atoms with van der Waals surface area (Å²) in [6.07, 6.45) is 1.24. The summed E-state index contributed by atoms with van der Waals surface area (Å²) in [5, 5.41) is 9.46. The van der Waals surface area contributed by atoms with Crippen molar-refractivity contribution < 1.29 is 9.50 Å². The number of hydrogen-bond donors (Lipinski definition) is 1. The van der Waals surface area contributed by atoms with Crippen LogP contribution >= 0.6 is 0 Å². The SMILES string of the molecule is Cc1ncnc(C(C)(C)O)c1F. The number of nitrogens with zero attached hydrogens (tertiary/aromatic N) is 2. The van der Waals surface area contributed by atoms with Gasteiger partial charge >= 0.3 is 0 Å². The van der Waals surface area contributed by atoms with Gasteiger partial charge in [0.05, 0.1) is 5.69 Å². The molecule has 0 saturated carbocycles. The molecule has 66 valence electrons. The zero-order valence-electron chi connectivity index (χ0n) is 7.30. The minimum atomic E-state index is -1.25. The Morgan fingerprint density at radius 1 is 1.42 bits per heavy atom. The van der Waals surface area contributed by atoms with Gasteiger partial charge in [-0.05, 0) is 20.8 Å². The Morgan fingerprint density at radius 2 is 2.00 bits per heavy atom. The molecule has 1 aromatic heterocycles. The second-order valence-corrected chi connectivity index (χ2v) is 3.18. The van der Waals surface area contributed by atoms with Crippen molar-refractivity contribution >= 4 is 0 Å². The molecule has 0 bridgehead atoms. The van der Waals surface area contributed by atoms with Gasteiger partial charge in [0.25, 0.3) is 0 Å². The molecule has 4 heteroatoms. The molecule has 1 aromatic rings. The quantitative estimate of drug-likeness (QED) is 0.687. The van der Waals surface area contributed by atoms with Crippen molar-refractivity contribution in [2.75, 3.05) is 0 Å². The van der Waals surface area contributed by atoms with Crippen LogP contribution in [0.1, 0.15) is 25.2 Å². The minimum Gasteiger partial charge on any atom is -0.384 e. The van der Waals surface area contributed by atoms with E-state index in [1.807, 2.05) is 0 Å². The highest BCUT2D eigenvalue weighted by atomic mass is 19.1. The van der Waals surface area contributed by atoms with Gasteiger partial charge in [-0.15, -0.1) is 0 Å². The average Bonchev–Trinajstić information content (AvgIpc) is 1.92. The Balaban J connectivity index is 3.26. The second-order valence-electron chi connectivity index (χ2n) is 3.18. The number of aliphatic hydroxyl groups is 1. The van der Waals surface area contributed by atoms with Gasteiger partial charge in [0.15, 0.2) is 5.82 Å². The van der Waals surface area contributed by atoms with E-state index in [2.05, 4.69) is 9.97 Å². The third kappa shape index (κ3) is 1.58. The van der Waals surface area contributed by atoms with Crippen LogP contribution < -0.4 is 0 Å². The third-order valence-corrected chi connectivity index (χ3v) is 1.54. The van der Waals surface area contributed by atoms with Crippen molar-refractivity contribution in [3.63, 3.8) is 0 Å². The van der Waals surface area contributed by atoms with Gasteiger partial charge < -0.3 is 5.11 Å². The first-order valence-electron chi connectivity index (χ1n) is 3.63. The molecular weight excluding hydrogens is 159 g/mol. The van der Waals surface area contributed by atoms with Crippen LogP contribution in [0.3, 0.4) is 0 Å². The maximum atomic E-state index is 13.2. The Morgan fingerprint density at radius 3 is 2.42 bits per heavy atom. The van der Waals surface area contributed by atoms with E-state index < -0.39 is 11.4 Å². The van der Waals surface area contributed by atoms with Crippen LogP contribution in [0.4, 0.5) is 4.39 Å². The second kappa shape index (κ2) is 2.79. The number of aryl methyl sites for hydroxylation is 1. The van der Waals surface area contributed by atoms with Crippen LogP contribution in [-0.4, -0.2) is 15.1 Å². The molecule has 0 radical (unpaired) electrons. The molecule has 0 unspecified atom stereocenters. The fourth-order valence-electron chi connectivity index (χ4n) is 0.884. The van der Waals surface area contributed by atoms with Gasteiger partial charge in [0.1, 0.15) is 17.6 Å². The van der Waals surface area contributed by atoms with Gasteiger partial charge in [-0.25, -0.2) is 14.4 Å². The summed E-state index contributed by atoms with van der Waals surface area (Å²) in [5.41, 5.74) is -0.963. The Labute approximate surface area is 70.3 Å². The van der Waals surface area contributed by atoms with Crippen LogP contribution in [0.15, 0.2) is 6.33 Å². The van der Waals surface area contributed by atoms with Gasteiger partial charge in [0.2, 0.25) is 0 Å². The van der Waals surface area contributed by atoms with Gasteiger partial charge in [-0.2, -0.15) is 0 Å². The van der Waals surface area contributed by atoms with Crippen LogP contribution in [-0.2, 0) is 5.60 Å². The predicted octanol–water partition coefficient (Wildman–Crippen LogP) is 1.15. The van der Waals surface area contributed by atoms with E-state index in [1.165, 1.54) is 27.1 Å². The molecule has 0 aromatic carbocycles. The number of aromatic nitrogens is 2. The van der Waals surface area contributed by atoms with Crippen molar-refractivity contribution in [1.29, 1.82) is 0 Å². The molecule has 3 nitrogen and oxygen atoms in total. The van der Waals surface area contributed by atoms with E-state index in [9.17, 15) is 9.50 Å². The first-order valence-corrected chi connectivity index (χ1v) is 3.63. The van der Waals surface area contributed by atoms with Crippen molar-refractivity contribution in [3.05, 3.63) is 23.5 Å². The van der Waals surface area contributed by atoms with Crippen LogP contribution in [0.2, 0.25) is 0 Å². The lowest BCUT2D eigenvalue weighted by Crippen LogP contribution is -2.20. The number of rotatable bonds is 1. The summed E-state index contributed by atoms with van der Waals surface area (Å²) in [7, 11) is 0. The molecular formula is C8H11FN2O. The molecule has 0 aliphatic rings. The fourth-order valence-corrected chi connectivity index (χ4v) is 0.884. The zero-order chi connectivity index (χ0) is 9.35. The van der Waals surface area contributed by atoms with E-state index in [0.717, 1.165) is 0 Å². The lowest BCUT2D eigenvalue weighted by atomic mass is 10.0. The number of hydrogen-bond acceptors (Lipinski definition) is 3.